The molecule has 116 valence electrons. The van der Waals surface area contributed by atoms with E-state index >= 15 is 0 Å². The average Bonchev–Trinajstić information content (AvgIpc) is 2.63. The lowest BCUT2D eigenvalue weighted by molar-refractivity contribution is 0.122. The molecule has 0 bridgehead atoms. The highest BCUT2D eigenvalue weighted by molar-refractivity contribution is 5.94. The topological polar surface area (TPSA) is 71.1 Å². The van der Waals surface area contributed by atoms with Gasteiger partial charge in [0.05, 0.1) is 18.9 Å². The number of pyridine rings is 1. The van der Waals surface area contributed by atoms with Gasteiger partial charge in [0.25, 0.3) is 5.56 Å². The number of nitrogens with one attached hydrogen (secondary N) is 1. The molecule has 23 heavy (non-hydrogen) atoms. The number of nitrogens with zero attached hydrogens (tertiary/aromatic N) is 3. The van der Waals surface area contributed by atoms with Gasteiger partial charge in [-0.15, -0.1) is 0 Å². The molecule has 0 unspecified atom stereocenters. The number of anilines is 1. The van der Waals surface area contributed by atoms with E-state index in [-0.39, 0.29) is 5.56 Å². The van der Waals surface area contributed by atoms with Crippen LogP contribution in [0.2, 0.25) is 0 Å². The second-order valence-corrected chi connectivity index (χ2v) is 5.42. The number of rotatable bonds is 2. The van der Waals surface area contributed by atoms with Gasteiger partial charge in [0.15, 0.2) is 0 Å². The van der Waals surface area contributed by atoms with E-state index < -0.39 is 0 Å². The number of morpholine rings is 1. The maximum atomic E-state index is 12.0. The quantitative estimate of drug-likeness (QED) is 0.782. The Morgan fingerprint density at radius 3 is 2.70 bits per heavy atom. The molecule has 1 fully saturated rings. The Morgan fingerprint density at radius 1 is 1.09 bits per heavy atom. The molecular formula is C17H16N4O2. The lowest BCUT2D eigenvalue weighted by atomic mass is 10.1. The normalized spacial score (nSPS) is 15.0. The molecule has 0 amide bonds. The number of hydrogen-bond acceptors (Lipinski definition) is 5. The first-order valence-corrected chi connectivity index (χ1v) is 7.59. The third-order valence-corrected chi connectivity index (χ3v) is 4.02. The molecule has 4 rings (SSSR count). The van der Waals surface area contributed by atoms with Crippen LogP contribution in [0.25, 0.3) is 22.0 Å². The summed E-state index contributed by atoms with van der Waals surface area (Å²) in [5, 5.41) is 1.56. The molecule has 6 heteroatoms. The zero-order valence-corrected chi connectivity index (χ0v) is 12.5. The van der Waals surface area contributed by atoms with E-state index in [1.807, 2.05) is 30.3 Å². The van der Waals surface area contributed by atoms with Crippen molar-refractivity contribution in [2.45, 2.75) is 0 Å². The Balaban J connectivity index is 1.82. The van der Waals surface area contributed by atoms with Crippen molar-refractivity contribution in [1.29, 1.82) is 0 Å². The first-order valence-electron chi connectivity index (χ1n) is 7.59. The first kappa shape index (κ1) is 13.9. The summed E-state index contributed by atoms with van der Waals surface area (Å²) in [5.74, 6) is 0.695. The van der Waals surface area contributed by atoms with Crippen LogP contribution in [-0.4, -0.2) is 41.3 Å². The third-order valence-electron chi connectivity index (χ3n) is 4.02. The van der Waals surface area contributed by atoms with Crippen LogP contribution >= 0.6 is 0 Å². The van der Waals surface area contributed by atoms with Crippen LogP contribution in [0.1, 0.15) is 0 Å². The summed E-state index contributed by atoms with van der Waals surface area (Å²) < 4.78 is 5.37. The van der Waals surface area contributed by atoms with Gasteiger partial charge in [0, 0.05) is 36.4 Å². The Bertz CT molecular complexity index is 900. The maximum absolute atomic E-state index is 12.0. The zero-order valence-electron chi connectivity index (χ0n) is 12.5. The van der Waals surface area contributed by atoms with Gasteiger partial charge < -0.3 is 14.6 Å². The highest BCUT2D eigenvalue weighted by Gasteiger charge is 2.15. The molecule has 0 saturated carbocycles. The van der Waals surface area contributed by atoms with Crippen molar-refractivity contribution < 1.29 is 4.74 Å². The molecule has 0 radical (unpaired) electrons. The summed E-state index contributed by atoms with van der Waals surface area (Å²) in [6, 6.07) is 9.41. The smallest absolute Gasteiger partial charge is 0.255 e. The fourth-order valence-electron chi connectivity index (χ4n) is 2.84. The Labute approximate surface area is 132 Å². The largest absolute Gasteiger partial charge is 0.378 e. The highest BCUT2D eigenvalue weighted by Crippen LogP contribution is 2.25. The molecule has 3 heterocycles. The van der Waals surface area contributed by atoms with Crippen molar-refractivity contribution in [2.75, 3.05) is 31.2 Å². The molecule has 1 saturated heterocycles. The average molecular weight is 308 g/mol. The fourth-order valence-corrected chi connectivity index (χ4v) is 2.84. The molecule has 0 atom stereocenters. The molecule has 6 nitrogen and oxygen atoms in total. The number of ether oxygens (including phenoxy) is 1. The van der Waals surface area contributed by atoms with Gasteiger partial charge in [-0.2, -0.15) is 0 Å². The molecular weight excluding hydrogens is 292 g/mol. The molecule has 1 aliphatic rings. The lowest BCUT2D eigenvalue weighted by Crippen LogP contribution is -2.37. The minimum Gasteiger partial charge on any atom is -0.378 e. The molecule has 1 aliphatic heterocycles. The van der Waals surface area contributed by atoms with E-state index in [0.29, 0.717) is 24.5 Å². The van der Waals surface area contributed by atoms with Gasteiger partial charge >= 0.3 is 0 Å². The van der Waals surface area contributed by atoms with E-state index in [4.69, 9.17) is 4.74 Å². The molecule has 3 aromatic rings. The Kier molecular flexibility index (Phi) is 3.51. The van der Waals surface area contributed by atoms with Gasteiger partial charge in [0.1, 0.15) is 0 Å². The maximum Gasteiger partial charge on any atom is 0.255 e. The van der Waals surface area contributed by atoms with E-state index in [1.54, 1.807) is 12.4 Å². The number of H-pyrrole nitrogens is 1. The standard InChI is InChI=1S/C17H16N4O2/c22-16-13-4-2-1-3-12(13)14(11-19-16)15-5-6-18-17(20-15)21-7-9-23-10-8-21/h1-6,11H,7-10H2,(H,19,22). The molecule has 0 spiro atoms. The van der Waals surface area contributed by atoms with Crippen LogP contribution in [-0.2, 0) is 4.74 Å². The van der Waals surface area contributed by atoms with Gasteiger partial charge in [-0.1, -0.05) is 18.2 Å². The van der Waals surface area contributed by atoms with Gasteiger partial charge in [-0.25, -0.2) is 9.97 Å². The van der Waals surface area contributed by atoms with E-state index in [9.17, 15) is 4.79 Å². The van der Waals surface area contributed by atoms with Crippen molar-refractivity contribution in [3.05, 3.63) is 53.1 Å². The number of aromatic amines is 1. The van der Waals surface area contributed by atoms with Crippen LogP contribution in [0, 0.1) is 0 Å². The van der Waals surface area contributed by atoms with E-state index in [1.165, 1.54) is 0 Å². The molecule has 1 aromatic carbocycles. The SMILES string of the molecule is O=c1[nH]cc(-c2ccnc(N3CCOCC3)n2)c2ccccc12. The second kappa shape index (κ2) is 5.81. The minimum absolute atomic E-state index is 0.0909. The van der Waals surface area contributed by atoms with Gasteiger partial charge in [0.2, 0.25) is 5.95 Å². The second-order valence-electron chi connectivity index (χ2n) is 5.42. The summed E-state index contributed by atoms with van der Waals surface area (Å²) in [6.45, 7) is 2.95. The Morgan fingerprint density at radius 2 is 1.87 bits per heavy atom. The van der Waals surface area contributed by atoms with Crippen LogP contribution in [0.3, 0.4) is 0 Å². The van der Waals surface area contributed by atoms with Gasteiger partial charge in [-0.05, 0) is 17.5 Å². The monoisotopic (exact) mass is 308 g/mol. The predicted octanol–water partition coefficient (Wildman–Crippen LogP) is 1.82. The highest BCUT2D eigenvalue weighted by atomic mass is 16.5. The van der Waals surface area contributed by atoms with Crippen molar-refractivity contribution >= 4 is 16.7 Å². The third kappa shape index (κ3) is 2.57. The van der Waals surface area contributed by atoms with Gasteiger partial charge in [-0.3, -0.25) is 4.79 Å². The fraction of sp³-hybridized carbons (Fsp3) is 0.235. The summed E-state index contributed by atoms with van der Waals surface area (Å²) in [7, 11) is 0. The van der Waals surface area contributed by atoms with Crippen LogP contribution in [0.15, 0.2) is 47.5 Å². The van der Waals surface area contributed by atoms with E-state index in [0.717, 1.165) is 29.7 Å². The van der Waals surface area contributed by atoms with Crippen LogP contribution in [0.5, 0.6) is 0 Å². The summed E-state index contributed by atoms with van der Waals surface area (Å²) in [5.41, 5.74) is 1.61. The molecule has 0 aliphatic carbocycles. The summed E-state index contributed by atoms with van der Waals surface area (Å²) in [6.07, 6.45) is 3.48. The zero-order chi connectivity index (χ0) is 15.6. The van der Waals surface area contributed by atoms with Crippen molar-refractivity contribution in [1.82, 2.24) is 15.0 Å². The van der Waals surface area contributed by atoms with Crippen LogP contribution < -0.4 is 10.5 Å². The van der Waals surface area contributed by atoms with E-state index in [2.05, 4.69) is 19.9 Å². The Hall–Kier alpha value is -2.73. The lowest BCUT2D eigenvalue weighted by Gasteiger charge is -2.26. The molecule has 1 N–H and O–H groups in total. The van der Waals surface area contributed by atoms with Crippen molar-refractivity contribution in [3.63, 3.8) is 0 Å². The van der Waals surface area contributed by atoms with Crippen molar-refractivity contribution in [3.8, 4) is 11.3 Å². The minimum atomic E-state index is -0.0909. The van der Waals surface area contributed by atoms with Crippen molar-refractivity contribution in [2.24, 2.45) is 0 Å². The molecule has 2 aromatic heterocycles. The number of hydrogen-bond donors (Lipinski definition) is 1. The number of benzene rings is 1. The number of fused-ring (bicyclic) bond motifs is 1. The predicted molar refractivity (Wildman–Crippen MR) is 88.6 cm³/mol. The summed E-state index contributed by atoms with van der Waals surface area (Å²) in [4.78, 5) is 25.9. The first-order chi connectivity index (χ1) is 11.3. The van der Waals surface area contributed by atoms with Crippen LogP contribution in [0.4, 0.5) is 5.95 Å². The summed E-state index contributed by atoms with van der Waals surface area (Å²) >= 11 is 0. The number of aromatic nitrogens is 3.